The molecule has 168 valence electrons. The van der Waals surface area contributed by atoms with Gasteiger partial charge in [-0.05, 0) is 50.8 Å². The van der Waals surface area contributed by atoms with Gasteiger partial charge in [0.2, 0.25) is 5.91 Å². The van der Waals surface area contributed by atoms with E-state index in [0.717, 1.165) is 69.9 Å². The average molecular weight is 425 g/mol. The van der Waals surface area contributed by atoms with E-state index in [1.165, 1.54) is 0 Å². The third-order valence-corrected chi connectivity index (χ3v) is 6.70. The van der Waals surface area contributed by atoms with Gasteiger partial charge in [-0.1, -0.05) is 50.8 Å². The van der Waals surface area contributed by atoms with E-state index >= 15 is 0 Å². The maximum atomic E-state index is 12.9. The summed E-state index contributed by atoms with van der Waals surface area (Å²) >= 11 is 0. The Bertz CT molecular complexity index is 757. The second kappa shape index (κ2) is 11.3. The summed E-state index contributed by atoms with van der Waals surface area (Å²) in [7, 11) is 0. The van der Waals surface area contributed by atoms with Crippen LogP contribution in [-0.2, 0) is 4.79 Å². The van der Waals surface area contributed by atoms with E-state index in [2.05, 4.69) is 23.2 Å². The molecule has 31 heavy (non-hydrogen) atoms. The summed E-state index contributed by atoms with van der Waals surface area (Å²) in [5.74, 6) is 0.0443. The fraction of sp³-hybridized carbons (Fsp3) is 0.640. The Morgan fingerprint density at radius 2 is 1.77 bits per heavy atom. The topological polar surface area (TPSA) is 76.4 Å². The van der Waals surface area contributed by atoms with Gasteiger partial charge >= 0.3 is 0 Å². The number of nitriles is 1. The first kappa shape index (κ1) is 23.3. The number of carbonyl (C=O) groups is 2. The number of hydrogen-bond acceptors (Lipinski definition) is 4. The van der Waals surface area contributed by atoms with Crippen LogP contribution in [0.5, 0.6) is 0 Å². The predicted octanol–water partition coefficient (Wildman–Crippen LogP) is 3.74. The number of hydrogen-bond donors (Lipinski definition) is 1. The lowest BCUT2D eigenvalue weighted by Crippen LogP contribution is -2.53. The molecule has 1 aromatic carbocycles. The molecule has 1 heterocycles. The number of rotatable bonds is 7. The van der Waals surface area contributed by atoms with Gasteiger partial charge < -0.3 is 10.2 Å². The highest BCUT2D eigenvalue weighted by molar-refractivity contribution is 5.94. The molecule has 0 radical (unpaired) electrons. The first-order chi connectivity index (χ1) is 15.1. The van der Waals surface area contributed by atoms with Gasteiger partial charge in [0, 0.05) is 24.7 Å². The summed E-state index contributed by atoms with van der Waals surface area (Å²) in [6.07, 6.45) is 8.50. The zero-order valence-corrected chi connectivity index (χ0v) is 18.8. The molecule has 1 aliphatic heterocycles. The van der Waals surface area contributed by atoms with E-state index in [-0.39, 0.29) is 17.9 Å². The quantitative estimate of drug-likeness (QED) is 0.677. The lowest BCUT2D eigenvalue weighted by atomic mass is 9.92. The Hall–Kier alpha value is -2.39. The maximum absolute atomic E-state index is 12.9. The van der Waals surface area contributed by atoms with Gasteiger partial charge in [0.25, 0.3) is 5.91 Å². The summed E-state index contributed by atoms with van der Waals surface area (Å²) in [6, 6.07) is 12.1. The molecule has 2 aliphatic rings. The van der Waals surface area contributed by atoms with Crippen molar-refractivity contribution in [2.45, 2.75) is 76.3 Å². The van der Waals surface area contributed by atoms with Crippen molar-refractivity contribution in [2.75, 3.05) is 26.2 Å². The number of benzene rings is 1. The van der Waals surface area contributed by atoms with Crippen LogP contribution in [-0.4, -0.2) is 59.4 Å². The van der Waals surface area contributed by atoms with Gasteiger partial charge in [-0.3, -0.25) is 14.5 Å². The molecule has 2 amide bonds. The van der Waals surface area contributed by atoms with Crippen molar-refractivity contribution in [3.63, 3.8) is 0 Å². The number of nitrogens with zero attached hydrogens (tertiary/aromatic N) is 3. The molecule has 6 nitrogen and oxygen atoms in total. The van der Waals surface area contributed by atoms with Crippen molar-refractivity contribution < 1.29 is 9.59 Å². The standard InChI is InChI=1S/C25H36N4O2/c1-2-16-29(19-23(30)27-25(20-26)14-8-3-4-9-15-25)22-12-17-28(18-13-22)24(31)21-10-6-5-7-11-21/h5-7,10-11,22H,2-4,8-9,12-19H2,1H3,(H,27,30). The second-order valence-electron chi connectivity index (χ2n) is 9.02. The molecule has 3 rings (SSSR count). The monoisotopic (exact) mass is 424 g/mol. The van der Waals surface area contributed by atoms with Crippen LogP contribution in [0.25, 0.3) is 0 Å². The molecular weight excluding hydrogens is 388 g/mol. The van der Waals surface area contributed by atoms with Gasteiger partial charge in [-0.15, -0.1) is 0 Å². The minimum Gasteiger partial charge on any atom is -0.339 e. The van der Waals surface area contributed by atoms with Crippen LogP contribution in [0.1, 0.15) is 75.1 Å². The first-order valence-corrected chi connectivity index (χ1v) is 11.9. The molecule has 0 aromatic heterocycles. The van der Waals surface area contributed by atoms with Crippen molar-refractivity contribution in [1.82, 2.24) is 15.1 Å². The fourth-order valence-electron chi connectivity index (χ4n) is 4.96. The number of piperidine rings is 1. The van der Waals surface area contributed by atoms with Crippen LogP contribution in [0.2, 0.25) is 0 Å². The highest BCUT2D eigenvalue weighted by Crippen LogP contribution is 2.27. The van der Waals surface area contributed by atoms with Crippen molar-refractivity contribution in [1.29, 1.82) is 5.26 Å². The fourth-order valence-corrected chi connectivity index (χ4v) is 4.96. The van der Waals surface area contributed by atoms with Crippen LogP contribution >= 0.6 is 0 Å². The SMILES string of the molecule is CCCN(CC(=O)NC1(C#N)CCCCCC1)C1CCN(C(=O)c2ccccc2)CC1. The largest absolute Gasteiger partial charge is 0.339 e. The van der Waals surface area contributed by atoms with Gasteiger partial charge in [0.05, 0.1) is 12.6 Å². The summed E-state index contributed by atoms with van der Waals surface area (Å²) in [6.45, 7) is 4.73. The summed E-state index contributed by atoms with van der Waals surface area (Å²) < 4.78 is 0. The number of carbonyl (C=O) groups excluding carboxylic acids is 2. The van der Waals surface area contributed by atoms with E-state index in [4.69, 9.17) is 0 Å². The molecular formula is C25H36N4O2. The smallest absolute Gasteiger partial charge is 0.253 e. The minimum absolute atomic E-state index is 0.0420. The molecule has 6 heteroatoms. The van der Waals surface area contributed by atoms with Gasteiger partial charge in [0.15, 0.2) is 0 Å². The highest BCUT2D eigenvalue weighted by Gasteiger charge is 2.34. The molecule has 1 saturated carbocycles. The molecule has 0 spiro atoms. The summed E-state index contributed by atoms with van der Waals surface area (Å²) in [5, 5.41) is 12.9. The minimum atomic E-state index is -0.697. The van der Waals surface area contributed by atoms with E-state index < -0.39 is 5.54 Å². The zero-order valence-electron chi connectivity index (χ0n) is 18.8. The number of nitrogens with one attached hydrogen (secondary N) is 1. The zero-order chi connectivity index (χ0) is 22.1. The molecule has 0 atom stereocenters. The van der Waals surface area contributed by atoms with Crippen LogP contribution in [0.4, 0.5) is 0 Å². The second-order valence-corrected chi connectivity index (χ2v) is 9.02. The molecule has 1 saturated heterocycles. The molecule has 1 aromatic rings. The molecule has 0 unspecified atom stereocenters. The van der Waals surface area contributed by atoms with Crippen molar-refractivity contribution in [3.8, 4) is 6.07 Å². The lowest BCUT2D eigenvalue weighted by Gasteiger charge is -2.38. The van der Waals surface area contributed by atoms with Gasteiger partial charge in [-0.2, -0.15) is 5.26 Å². The maximum Gasteiger partial charge on any atom is 0.253 e. The molecule has 0 bridgehead atoms. The number of amides is 2. The van der Waals surface area contributed by atoms with Gasteiger partial charge in [0.1, 0.15) is 5.54 Å². The Morgan fingerprint density at radius 1 is 1.13 bits per heavy atom. The van der Waals surface area contributed by atoms with Crippen LogP contribution in [0.3, 0.4) is 0 Å². The van der Waals surface area contributed by atoms with Crippen LogP contribution in [0.15, 0.2) is 30.3 Å². The van der Waals surface area contributed by atoms with E-state index in [1.54, 1.807) is 0 Å². The normalized spacial score (nSPS) is 19.5. The van der Waals surface area contributed by atoms with E-state index in [1.807, 2.05) is 35.2 Å². The third kappa shape index (κ3) is 6.30. The lowest BCUT2D eigenvalue weighted by molar-refractivity contribution is -0.124. The van der Waals surface area contributed by atoms with E-state index in [9.17, 15) is 14.9 Å². The Labute approximate surface area is 186 Å². The molecule has 2 fully saturated rings. The third-order valence-electron chi connectivity index (χ3n) is 6.70. The van der Waals surface area contributed by atoms with Crippen molar-refractivity contribution in [3.05, 3.63) is 35.9 Å². The van der Waals surface area contributed by atoms with E-state index in [0.29, 0.717) is 19.6 Å². The van der Waals surface area contributed by atoms with Crippen LogP contribution < -0.4 is 5.32 Å². The Morgan fingerprint density at radius 3 is 2.35 bits per heavy atom. The first-order valence-electron chi connectivity index (χ1n) is 11.9. The van der Waals surface area contributed by atoms with Crippen molar-refractivity contribution in [2.24, 2.45) is 0 Å². The van der Waals surface area contributed by atoms with Crippen molar-refractivity contribution >= 4 is 11.8 Å². The average Bonchev–Trinajstić information content (AvgIpc) is 3.05. The summed E-state index contributed by atoms with van der Waals surface area (Å²) in [5.41, 5.74) is 0.0349. The Kier molecular flexibility index (Phi) is 8.48. The molecule has 1 N–H and O–H groups in total. The predicted molar refractivity (Wildman–Crippen MR) is 121 cm³/mol. The molecule has 1 aliphatic carbocycles. The highest BCUT2D eigenvalue weighted by atomic mass is 16.2. The Balaban J connectivity index is 1.55. The van der Waals surface area contributed by atoms with Gasteiger partial charge in [-0.25, -0.2) is 0 Å². The summed E-state index contributed by atoms with van der Waals surface area (Å²) in [4.78, 5) is 29.8. The number of likely N-dealkylation sites (tertiary alicyclic amines) is 1. The van der Waals surface area contributed by atoms with Crippen LogP contribution in [0, 0.1) is 11.3 Å².